The summed E-state index contributed by atoms with van der Waals surface area (Å²) in [5.41, 5.74) is 5.38. The summed E-state index contributed by atoms with van der Waals surface area (Å²) in [4.78, 5) is 27.6. The summed E-state index contributed by atoms with van der Waals surface area (Å²) in [5, 5.41) is 1.43. The van der Waals surface area contributed by atoms with Gasteiger partial charge < -0.3 is 4.57 Å². The number of carbonyl (C=O) groups is 2. The summed E-state index contributed by atoms with van der Waals surface area (Å²) in [6.07, 6.45) is 4.84. The number of rotatable bonds is 6. The van der Waals surface area contributed by atoms with Gasteiger partial charge in [0.25, 0.3) is 11.1 Å². The minimum absolute atomic E-state index is 0.227. The average molecular weight is 566 g/mol. The van der Waals surface area contributed by atoms with Crippen molar-refractivity contribution in [1.82, 2.24) is 9.47 Å². The standard InChI is InChI=1S/C28H22BrClN2O2S/c1-2-20-4-3-5-24-21(17-31(26(20)24)15-18-6-10-22(29)11-7-18)14-25-27(33)32(28(34)35-25)16-19-8-12-23(30)13-9-19/h3-14,17H,2,15-16H2,1H3/b25-14-. The van der Waals surface area contributed by atoms with Gasteiger partial charge >= 0.3 is 0 Å². The third kappa shape index (κ3) is 4.96. The fraction of sp³-hybridized carbons (Fsp3) is 0.143. The molecule has 0 atom stereocenters. The summed E-state index contributed by atoms with van der Waals surface area (Å²) in [6.45, 7) is 3.09. The second-order valence-electron chi connectivity index (χ2n) is 8.40. The minimum atomic E-state index is -0.268. The van der Waals surface area contributed by atoms with Gasteiger partial charge in [-0.15, -0.1) is 0 Å². The molecule has 1 saturated heterocycles. The van der Waals surface area contributed by atoms with Crippen LogP contribution in [0.2, 0.25) is 5.02 Å². The molecule has 0 aliphatic carbocycles. The molecule has 0 bridgehead atoms. The van der Waals surface area contributed by atoms with Gasteiger partial charge in [-0.3, -0.25) is 14.5 Å². The lowest BCUT2D eigenvalue weighted by molar-refractivity contribution is -0.123. The highest BCUT2D eigenvalue weighted by Crippen LogP contribution is 2.36. The predicted molar refractivity (Wildman–Crippen MR) is 148 cm³/mol. The third-order valence-electron chi connectivity index (χ3n) is 6.07. The van der Waals surface area contributed by atoms with Crippen molar-refractivity contribution in [3.05, 3.63) is 110 Å². The van der Waals surface area contributed by atoms with E-state index in [4.69, 9.17) is 11.6 Å². The molecule has 0 unspecified atom stereocenters. The Kier molecular flexibility index (Phi) is 6.87. The van der Waals surface area contributed by atoms with E-state index in [-0.39, 0.29) is 17.7 Å². The van der Waals surface area contributed by atoms with Crippen molar-refractivity contribution in [2.75, 3.05) is 0 Å². The number of imide groups is 1. The van der Waals surface area contributed by atoms with E-state index in [1.54, 1.807) is 12.1 Å². The highest BCUT2D eigenvalue weighted by Gasteiger charge is 2.35. The summed E-state index contributed by atoms with van der Waals surface area (Å²) in [5.74, 6) is -0.268. The van der Waals surface area contributed by atoms with Crippen molar-refractivity contribution in [2.24, 2.45) is 0 Å². The molecule has 35 heavy (non-hydrogen) atoms. The van der Waals surface area contributed by atoms with Crippen LogP contribution in [-0.2, 0) is 24.3 Å². The molecule has 2 heterocycles. The molecule has 5 rings (SSSR count). The van der Waals surface area contributed by atoms with Crippen molar-refractivity contribution in [2.45, 2.75) is 26.4 Å². The summed E-state index contributed by atoms with van der Waals surface area (Å²) < 4.78 is 3.28. The topological polar surface area (TPSA) is 42.3 Å². The van der Waals surface area contributed by atoms with E-state index in [9.17, 15) is 9.59 Å². The third-order valence-corrected chi connectivity index (χ3v) is 7.76. The Balaban J connectivity index is 1.50. The normalized spacial score (nSPS) is 15.1. The van der Waals surface area contributed by atoms with E-state index >= 15 is 0 Å². The van der Waals surface area contributed by atoms with E-state index in [1.165, 1.54) is 16.0 Å². The van der Waals surface area contributed by atoms with Gasteiger partial charge in [-0.05, 0) is 65.2 Å². The zero-order chi connectivity index (χ0) is 24.5. The van der Waals surface area contributed by atoms with Crippen molar-refractivity contribution < 1.29 is 9.59 Å². The molecule has 1 aromatic heterocycles. The van der Waals surface area contributed by atoms with Crippen LogP contribution in [0.5, 0.6) is 0 Å². The molecule has 176 valence electrons. The minimum Gasteiger partial charge on any atom is -0.342 e. The summed E-state index contributed by atoms with van der Waals surface area (Å²) >= 11 is 10.5. The van der Waals surface area contributed by atoms with Gasteiger partial charge in [0.2, 0.25) is 0 Å². The molecule has 2 amide bonds. The van der Waals surface area contributed by atoms with Crippen LogP contribution in [-0.4, -0.2) is 20.6 Å². The van der Waals surface area contributed by atoms with Gasteiger partial charge in [0.05, 0.1) is 17.0 Å². The van der Waals surface area contributed by atoms with Crippen molar-refractivity contribution >= 4 is 67.4 Å². The van der Waals surface area contributed by atoms with Crippen LogP contribution >= 0.6 is 39.3 Å². The fourth-order valence-electron chi connectivity index (χ4n) is 4.33. The number of halogens is 2. The van der Waals surface area contributed by atoms with Crippen LogP contribution in [0.25, 0.3) is 17.0 Å². The molecular formula is C28H22BrClN2O2S. The number of hydrogen-bond donors (Lipinski definition) is 0. The molecule has 0 N–H and O–H groups in total. The molecule has 3 aromatic carbocycles. The second kappa shape index (κ2) is 10.1. The zero-order valence-electron chi connectivity index (χ0n) is 19.0. The van der Waals surface area contributed by atoms with E-state index in [0.717, 1.165) is 44.7 Å². The van der Waals surface area contributed by atoms with E-state index in [2.05, 4.69) is 63.9 Å². The molecule has 1 fully saturated rings. The van der Waals surface area contributed by atoms with Gasteiger partial charge in [0.15, 0.2) is 0 Å². The van der Waals surface area contributed by atoms with Crippen LogP contribution in [0.3, 0.4) is 0 Å². The van der Waals surface area contributed by atoms with Crippen LogP contribution in [0.1, 0.15) is 29.2 Å². The Morgan fingerprint density at radius 2 is 1.63 bits per heavy atom. The highest BCUT2D eigenvalue weighted by molar-refractivity contribution is 9.10. The molecular weight excluding hydrogens is 544 g/mol. The smallest absolute Gasteiger partial charge is 0.293 e. The predicted octanol–water partition coefficient (Wildman–Crippen LogP) is 7.90. The average Bonchev–Trinajstić information content (AvgIpc) is 3.33. The Labute approximate surface area is 221 Å². The quantitative estimate of drug-likeness (QED) is 0.223. The number of benzene rings is 3. The van der Waals surface area contributed by atoms with Gasteiger partial charge in [-0.1, -0.05) is 76.9 Å². The molecule has 4 nitrogen and oxygen atoms in total. The van der Waals surface area contributed by atoms with Crippen molar-refractivity contribution in [1.29, 1.82) is 0 Å². The molecule has 1 aliphatic heterocycles. The Morgan fingerprint density at radius 3 is 2.34 bits per heavy atom. The number of thioether (sulfide) groups is 1. The Hall–Kier alpha value is -2.80. The molecule has 0 saturated carbocycles. The van der Waals surface area contributed by atoms with Gasteiger partial charge in [0, 0.05) is 33.2 Å². The largest absolute Gasteiger partial charge is 0.342 e. The molecule has 0 spiro atoms. The summed E-state index contributed by atoms with van der Waals surface area (Å²) in [7, 11) is 0. The number of para-hydroxylation sites is 1. The number of carbonyl (C=O) groups excluding carboxylic acids is 2. The number of amides is 2. The number of nitrogens with zero attached hydrogens (tertiary/aromatic N) is 2. The first-order chi connectivity index (χ1) is 16.9. The molecule has 7 heteroatoms. The maximum Gasteiger partial charge on any atom is 0.293 e. The maximum atomic E-state index is 13.2. The maximum absolute atomic E-state index is 13.2. The van der Waals surface area contributed by atoms with Crippen LogP contribution in [0.4, 0.5) is 4.79 Å². The van der Waals surface area contributed by atoms with Crippen LogP contribution < -0.4 is 0 Å². The summed E-state index contributed by atoms with van der Waals surface area (Å²) in [6, 6.07) is 21.7. The number of hydrogen-bond acceptors (Lipinski definition) is 3. The SMILES string of the molecule is CCc1cccc2c(/C=C3\SC(=O)N(Cc4ccc(Cl)cc4)C3=O)cn(Cc3ccc(Br)cc3)c12. The lowest BCUT2D eigenvalue weighted by Gasteiger charge is -2.12. The Bertz CT molecular complexity index is 1460. The second-order valence-corrected chi connectivity index (χ2v) is 10.7. The molecule has 4 aromatic rings. The van der Waals surface area contributed by atoms with Crippen LogP contribution in [0, 0.1) is 0 Å². The number of aromatic nitrogens is 1. The number of fused-ring (bicyclic) bond motifs is 1. The monoisotopic (exact) mass is 564 g/mol. The fourth-order valence-corrected chi connectivity index (χ4v) is 5.55. The van der Waals surface area contributed by atoms with Gasteiger partial charge in [0.1, 0.15) is 0 Å². The van der Waals surface area contributed by atoms with Gasteiger partial charge in [-0.2, -0.15) is 0 Å². The first-order valence-corrected chi connectivity index (χ1v) is 13.3. The first kappa shape index (κ1) is 23.9. The van der Waals surface area contributed by atoms with E-state index in [1.807, 2.05) is 30.3 Å². The zero-order valence-corrected chi connectivity index (χ0v) is 22.2. The highest BCUT2D eigenvalue weighted by atomic mass is 79.9. The van der Waals surface area contributed by atoms with Crippen LogP contribution in [0.15, 0.2) is 82.3 Å². The lowest BCUT2D eigenvalue weighted by atomic mass is 10.1. The van der Waals surface area contributed by atoms with Gasteiger partial charge in [-0.25, -0.2) is 0 Å². The lowest BCUT2D eigenvalue weighted by Crippen LogP contribution is -2.27. The van der Waals surface area contributed by atoms with E-state index < -0.39 is 0 Å². The van der Waals surface area contributed by atoms with Crippen molar-refractivity contribution in [3.63, 3.8) is 0 Å². The Morgan fingerprint density at radius 1 is 0.943 bits per heavy atom. The number of aryl methyl sites for hydroxylation is 1. The molecule has 1 aliphatic rings. The molecule has 0 radical (unpaired) electrons. The van der Waals surface area contributed by atoms with Crippen molar-refractivity contribution in [3.8, 4) is 0 Å². The first-order valence-electron chi connectivity index (χ1n) is 11.3. The van der Waals surface area contributed by atoms with E-state index in [0.29, 0.717) is 16.5 Å².